The summed E-state index contributed by atoms with van der Waals surface area (Å²) in [6.45, 7) is 0. The van der Waals surface area contributed by atoms with E-state index in [1.165, 1.54) is 0 Å². The second-order valence-corrected chi connectivity index (χ2v) is 21.2. The maximum atomic E-state index is 6.32. The molecule has 194 valence electrons. The van der Waals surface area contributed by atoms with Gasteiger partial charge in [-0.3, -0.25) is 0 Å². The van der Waals surface area contributed by atoms with Crippen molar-refractivity contribution in [3.05, 3.63) is 0 Å². The minimum Gasteiger partial charge on any atom is -0.106 e. The molecule has 0 spiro atoms. The lowest BCUT2D eigenvalue weighted by atomic mass is 9.94. The second-order valence-electron chi connectivity index (χ2n) is 5.61. The lowest BCUT2D eigenvalue weighted by molar-refractivity contribution is 0.389. The van der Waals surface area contributed by atoms with Crippen molar-refractivity contribution >= 4 is 255 Å². The third-order valence-corrected chi connectivity index (χ3v) is 16.0. The summed E-state index contributed by atoms with van der Waals surface area (Å²) in [6, 6.07) is 0. The summed E-state index contributed by atoms with van der Waals surface area (Å²) in [5, 5.41) is 0. The fourth-order valence-electron chi connectivity index (χ4n) is 1.86. The van der Waals surface area contributed by atoms with E-state index in [1.54, 1.807) is 0 Å². The molecule has 32 heavy (non-hydrogen) atoms. The van der Waals surface area contributed by atoms with E-state index in [-0.39, 0.29) is 0 Å². The largest absolute Gasteiger partial charge is 0.216 e. The third kappa shape index (κ3) is 5.96. The van der Waals surface area contributed by atoms with Crippen LogP contribution in [0.3, 0.4) is 0 Å². The Balaban J connectivity index is 7.39. The van der Waals surface area contributed by atoms with Gasteiger partial charge in [0.1, 0.15) is 0 Å². The normalized spacial score (nSPS) is 17.1. The van der Waals surface area contributed by atoms with Crippen molar-refractivity contribution in [2.75, 3.05) is 0 Å². The molecule has 0 rings (SSSR count). The van der Waals surface area contributed by atoms with Gasteiger partial charge in [0.15, 0.2) is 27.1 Å². The summed E-state index contributed by atoms with van der Waals surface area (Å²) < 4.78 is -24.5. The molecule has 0 bridgehead atoms. The van der Waals surface area contributed by atoms with Gasteiger partial charge >= 0.3 is 0 Å². The van der Waals surface area contributed by atoms with Crippen LogP contribution in [-0.2, 0) is 0 Å². The van der Waals surface area contributed by atoms with E-state index in [0.29, 0.717) is 0 Å². The lowest BCUT2D eigenvalue weighted by Crippen LogP contribution is -2.75. The first-order chi connectivity index (χ1) is 13.2. The number of hydrogen-bond acceptors (Lipinski definition) is 0. The molecule has 0 heterocycles. The molecule has 22 heteroatoms. The first-order valence-corrected chi connectivity index (χ1v) is 14.7. The topological polar surface area (TPSA) is 0 Å². The van der Waals surface area contributed by atoms with Crippen LogP contribution in [0.5, 0.6) is 0 Å². The number of alkyl halides is 22. The molecule has 0 aliphatic carbocycles. The average molecular weight is 900 g/mol. The quantitative estimate of drug-likeness (QED) is 0.241. The standard InChI is InChI=1S/C10Cl22/c11-1(7(21,22)23,8(24,25)26)3(13,14)5(17,18)6(19,20)4(15,16)2(12,9(27,28)29)10(30,31)32. The highest BCUT2D eigenvalue weighted by atomic mass is 35.6. The van der Waals surface area contributed by atoms with Gasteiger partial charge in [0.25, 0.3) is 0 Å². The van der Waals surface area contributed by atoms with E-state index >= 15 is 0 Å². The average Bonchev–Trinajstić information content (AvgIpc) is 2.47. The van der Waals surface area contributed by atoms with Crippen LogP contribution in [0, 0.1) is 0 Å². The third-order valence-electron chi connectivity index (χ3n) is 3.61. The van der Waals surface area contributed by atoms with Crippen LogP contribution in [0.4, 0.5) is 0 Å². The molecule has 0 unspecified atom stereocenters. The molecule has 0 saturated carbocycles. The molecule has 0 amide bonds. The number of halogens is 22. The summed E-state index contributed by atoms with van der Waals surface area (Å²) in [6.07, 6.45) is 0. The molecule has 0 N–H and O–H groups in total. The number of hydrogen-bond donors (Lipinski definition) is 0. The van der Waals surface area contributed by atoms with Gasteiger partial charge in [-0.2, -0.15) is 0 Å². The molecule has 0 nitrogen and oxygen atoms in total. The molecule has 0 radical (unpaired) electrons. The van der Waals surface area contributed by atoms with E-state index < -0.39 is 42.3 Å². The van der Waals surface area contributed by atoms with E-state index in [0.717, 1.165) is 0 Å². The molecule has 0 aliphatic heterocycles. The highest BCUT2D eigenvalue weighted by Gasteiger charge is 2.86. The fraction of sp³-hybridized carbons (Fsp3) is 1.00. The first kappa shape index (κ1) is 38.4. The van der Waals surface area contributed by atoms with Crippen molar-refractivity contribution in [1.29, 1.82) is 0 Å². The van der Waals surface area contributed by atoms with Crippen molar-refractivity contribution < 1.29 is 0 Å². The maximum absolute atomic E-state index is 6.32. The summed E-state index contributed by atoms with van der Waals surface area (Å²) in [4.78, 5) is -6.16. The number of rotatable bonds is 5. The minimum atomic E-state index is -3.27. The molecule has 0 aromatic rings. The van der Waals surface area contributed by atoms with Crippen LogP contribution in [0.15, 0.2) is 0 Å². The van der Waals surface area contributed by atoms with E-state index in [9.17, 15) is 0 Å². The molecule has 0 aliphatic rings. The van der Waals surface area contributed by atoms with E-state index in [4.69, 9.17) is 255 Å². The summed E-state index contributed by atoms with van der Waals surface area (Å²) in [7, 11) is 0. The first-order valence-electron chi connectivity index (χ1n) is 6.41. The highest BCUT2D eigenvalue weighted by Crippen LogP contribution is 2.76. The molecule has 0 fully saturated rings. The van der Waals surface area contributed by atoms with Gasteiger partial charge in [0.05, 0.1) is 0 Å². The zero-order chi connectivity index (χ0) is 27.0. The van der Waals surface area contributed by atoms with Gasteiger partial charge in [-0.05, 0) is 0 Å². The zero-order valence-electron chi connectivity index (χ0n) is 13.3. The molecular formula is C10Cl22. The molecule has 0 aromatic heterocycles. The van der Waals surface area contributed by atoms with Crippen LogP contribution >= 0.6 is 255 Å². The van der Waals surface area contributed by atoms with E-state index in [2.05, 4.69) is 0 Å². The van der Waals surface area contributed by atoms with Gasteiger partial charge in [0, 0.05) is 0 Å². The van der Waals surface area contributed by atoms with Gasteiger partial charge in [0.2, 0.25) is 15.2 Å². The predicted molar refractivity (Wildman–Crippen MR) is 156 cm³/mol. The fourth-order valence-corrected chi connectivity index (χ4v) is 11.0. The predicted octanol–water partition coefficient (Wildman–Crippen LogP) is 13.1. The van der Waals surface area contributed by atoms with Crippen molar-refractivity contribution in [2.24, 2.45) is 0 Å². The minimum absolute atomic E-state index is 2.87. The Morgan fingerprint density at radius 2 is 0.312 bits per heavy atom. The van der Waals surface area contributed by atoms with Gasteiger partial charge in [-0.25, -0.2) is 0 Å². The summed E-state index contributed by atoms with van der Waals surface area (Å²) in [5.41, 5.74) is 0. The molecular weight excluding hydrogens is 900 g/mol. The smallest absolute Gasteiger partial charge is 0.106 e. The zero-order valence-corrected chi connectivity index (χ0v) is 29.9. The monoisotopic (exact) mass is 889 g/mol. The van der Waals surface area contributed by atoms with Crippen LogP contribution in [0.2, 0.25) is 0 Å². The van der Waals surface area contributed by atoms with Crippen LogP contribution in [-0.4, -0.2) is 42.3 Å². The van der Waals surface area contributed by atoms with Crippen molar-refractivity contribution in [3.63, 3.8) is 0 Å². The Morgan fingerprint density at radius 1 is 0.188 bits per heavy atom. The van der Waals surface area contributed by atoms with Crippen LogP contribution in [0.25, 0.3) is 0 Å². The summed E-state index contributed by atoms with van der Waals surface area (Å²) in [5.74, 6) is 0. The highest BCUT2D eigenvalue weighted by molar-refractivity contribution is 6.85. The van der Waals surface area contributed by atoms with Gasteiger partial charge < -0.3 is 0 Å². The Hall–Kier alpha value is 6.38. The van der Waals surface area contributed by atoms with Crippen LogP contribution < -0.4 is 0 Å². The van der Waals surface area contributed by atoms with Gasteiger partial charge in [-0.15, -0.1) is 23.2 Å². The van der Waals surface area contributed by atoms with Crippen molar-refractivity contribution in [2.45, 2.75) is 42.3 Å². The second kappa shape index (κ2) is 11.2. The lowest BCUT2D eigenvalue weighted by Gasteiger charge is -2.58. The van der Waals surface area contributed by atoms with Crippen molar-refractivity contribution in [3.8, 4) is 0 Å². The van der Waals surface area contributed by atoms with Gasteiger partial charge in [-0.1, -0.05) is 232 Å². The van der Waals surface area contributed by atoms with E-state index in [1.807, 2.05) is 0 Å². The van der Waals surface area contributed by atoms with Crippen LogP contribution in [0.1, 0.15) is 0 Å². The SMILES string of the molecule is ClC(Cl)(Cl)C(Cl)(C(Cl)(Cl)Cl)C(Cl)(Cl)C(Cl)(Cl)C(Cl)(Cl)C(Cl)(Cl)C(Cl)(C(Cl)(Cl)Cl)C(Cl)(Cl)Cl. The maximum Gasteiger partial charge on any atom is 0.216 e. The molecule has 0 saturated heterocycles. The molecule has 0 atom stereocenters. The Labute approximate surface area is 293 Å². The van der Waals surface area contributed by atoms with Crippen molar-refractivity contribution in [1.82, 2.24) is 0 Å². The Bertz CT molecular complexity index is 591. The Kier molecular flexibility index (Phi) is 13.5. The summed E-state index contributed by atoms with van der Waals surface area (Å²) >= 11 is 134. The molecule has 0 aromatic carbocycles. The Morgan fingerprint density at radius 3 is 0.406 bits per heavy atom.